The second-order valence-corrected chi connectivity index (χ2v) is 10.7. The number of aryl methyl sites for hydroxylation is 1. The molecule has 9 heteroatoms. The first-order valence-electron chi connectivity index (χ1n) is 8.51. The van der Waals surface area contributed by atoms with Gasteiger partial charge in [-0.05, 0) is 43.7 Å². The Kier molecular flexibility index (Phi) is 6.51. The average Bonchev–Trinajstić information content (AvgIpc) is 2.59. The number of hydrogen-bond donors (Lipinski definition) is 1. The first-order valence-corrected chi connectivity index (χ1v) is 12.3. The minimum Gasteiger partial charge on any atom is -0.348 e. The number of sulfonamides is 1. The zero-order chi connectivity index (χ0) is 21.1. The molecule has 28 heavy (non-hydrogen) atoms. The van der Waals surface area contributed by atoms with E-state index in [-0.39, 0.29) is 11.4 Å². The van der Waals surface area contributed by atoms with Gasteiger partial charge in [-0.3, -0.25) is 9.10 Å². The average molecular weight is 425 g/mol. The number of carbonyl (C=O) groups excluding carboxylic acids is 1. The number of rotatable bonds is 7. The van der Waals surface area contributed by atoms with Crippen LogP contribution in [0.1, 0.15) is 24.1 Å². The first kappa shape index (κ1) is 21.9. The van der Waals surface area contributed by atoms with Crippen molar-refractivity contribution in [2.24, 2.45) is 0 Å². The molecule has 0 fully saturated rings. The molecule has 2 aromatic rings. The molecule has 0 aromatic heterocycles. The van der Waals surface area contributed by atoms with Gasteiger partial charge in [0, 0.05) is 6.26 Å². The van der Waals surface area contributed by atoms with E-state index in [2.05, 4.69) is 5.32 Å². The van der Waals surface area contributed by atoms with E-state index >= 15 is 0 Å². The van der Waals surface area contributed by atoms with E-state index in [0.717, 1.165) is 22.4 Å². The Labute approximate surface area is 166 Å². The number of benzene rings is 2. The third kappa shape index (κ3) is 5.80. The molecule has 152 valence electrons. The maximum Gasteiger partial charge on any atom is 0.241 e. The van der Waals surface area contributed by atoms with Gasteiger partial charge in [-0.2, -0.15) is 0 Å². The molecule has 1 amide bonds. The van der Waals surface area contributed by atoms with Crippen molar-refractivity contribution in [3.05, 3.63) is 59.7 Å². The maximum absolute atomic E-state index is 12.4. The molecule has 0 heterocycles. The number of amides is 1. The van der Waals surface area contributed by atoms with Crippen LogP contribution in [0.3, 0.4) is 0 Å². The highest BCUT2D eigenvalue weighted by molar-refractivity contribution is 7.92. The Balaban J connectivity index is 2.13. The lowest BCUT2D eigenvalue weighted by molar-refractivity contribution is -0.120. The Morgan fingerprint density at radius 3 is 1.96 bits per heavy atom. The van der Waals surface area contributed by atoms with Crippen LogP contribution >= 0.6 is 0 Å². The van der Waals surface area contributed by atoms with Crippen molar-refractivity contribution in [3.63, 3.8) is 0 Å². The van der Waals surface area contributed by atoms with Crippen LogP contribution < -0.4 is 9.62 Å². The Hall–Kier alpha value is -2.39. The normalized spacial score (nSPS) is 13.0. The van der Waals surface area contributed by atoms with Crippen molar-refractivity contribution in [1.82, 2.24) is 5.32 Å². The maximum atomic E-state index is 12.4. The highest BCUT2D eigenvalue weighted by atomic mass is 32.2. The van der Waals surface area contributed by atoms with Crippen LogP contribution in [0, 0.1) is 6.92 Å². The molecular weight excluding hydrogens is 400 g/mol. The SMILES string of the molecule is Cc1ccc(N(CC(=O)NC(C)c2ccc(S(C)(=O)=O)cc2)S(C)(=O)=O)cc1. The molecule has 0 aliphatic rings. The minimum atomic E-state index is -3.64. The lowest BCUT2D eigenvalue weighted by atomic mass is 10.1. The summed E-state index contributed by atoms with van der Waals surface area (Å²) in [5.41, 5.74) is 2.10. The standard InChI is InChI=1S/C19H24N2O5S2/c1-14-5-9-17(10-6-14)21(28(4,25)26)13-19(22)20-15(2)16-7-11-18(12-8-16)27(3,23)24/h5-12,15H,13H2,1-4H3,(H,20,22). The van der Waals surface area contributed by atoms with Crippen molar-refractivity contribution in [2.75, 3.05) is 23.4 Å². The second kappa shape index (κ2) is 8.32. The quantitative estimate of drug-likeness (QED) is 0.733. The van der Waals surface area contributed by atoms with E-state index in [1.165, 1.54) is 12.1 Å². The highest BCUT2D eigenvalue weighted by Crippen LogP contribution is 2.19. The van der Waals surface area contributed by atoms with Crippen molar-refractivity contribution in [1.29, 1.82) is 0 Å². The molecule has 0 aliphatic carbocycles. The summed E-state index contributed by atoms with van der Waals surface area (Å²) in [5, 5.41) is 2.74. The molecule has 0 bridgehead atoms. The molecule has 2 aromatic carbocycles. The first-order chi connectivity index (χ1) is 12.9. The van der Waals surface area contributed by atoms with E-state index in [0.29, 0.717) is 11.3 Å². The fourth-order valence-corrected chi connectivity index (χ4v) is 4.10. The van der Waals surface area contributed by atoms with E-state index < -0.39 is 31.8 Å². The molecule has 0 radical (unpaired) electrons. The van der Waals surface area contributed by atoms with Gasteiger partial charge in [-0.25, -0.2) is 16.8 Å². The molecule has 0 spiro atoms. The Morgan fingerprint density at radius 1 is 0.964 bits per heavy atom. The number of sulfone groups is 1. The van der Waals surface area contributed by atoms with Crippen LogP contribution in [-0.4, -0.2) is 41.8 Å². The zero-order valence-corrected chi connectivity index (χ0v) is 17.8. The smallest absolute Gasteiger partial charge is 0.241 e. The third-order valence-electron chi connectivity index (χ3n) is 4.20. The van der Waals surface area contributed by atoms with Gasteiger partial charge in [0.25, 0.3) is 0 Å². The molecule has 0 saturated heterocycles. The summed E-state index contributed by atoms with van der Waals surface area (Å²) in [4.78, 5) is 12.6. The summed E-state index contributed by atoms with van der Waals surface area (Å²) >= 11 is 0. The number of nitrogens with one attached hydrogen (secondary N) is 1. The van der Waals surface area contributed by atoms with Gasteiger partial charge >= 0.3 is 0 Å². The summed E-state index contributed by atoms with van der Waals surface area (Å²) in [6.07, 6.45) is 2.17. The van der Waals surface area contributed by atoms with E-state index in [4.69, 9.17) is 0 Å². The number of nitrogens with zero attached hydrogens (tertiary/aromatic N) is 1. The van der Waals surface area contributed by atoms with Crippen LogP contribution in [-0.2, 0) is 24.7 Å². The van der Waals surface area contributed by atoms with Gasteiger partial charge < -0.3 is 5.32 Å². The number of anilines is 1. The Bertz CT molecular complexity index is 1040. The highest BCUT2D eigenvalue weighted by Gasteiger charge is 2.22. The van der Waals surface area contributed by atoms with Crippen LogP contribution in [0.5, 0.6) is 0 Å². The second-order valence-electron chi connectivity index (χ2n) is 6.74. The zero-order valence-electron chi connectivity index (χ0n) is 16.2. The van der Waals surface area contributed by atoms with Crippen LogP contribution in [0.4, 0.5) is 5.69 Å². The lowest BCUT2D eigenvalue weighted by Gasteiger charge is -2.23. The lowest BCUT2D eigenvalue weighted by Crippen LogP contribution is -2.41. The van der Waals surface area contributed by atoms with Crippen LogP contribution in [0.15, 0.2) is 53.4 Å². The van der Waals surface area contributed by atoms with Gasteiger partial charge in [-0.1, -0.05) is 29.8 Å². The van der Waals surface area contributed by atoms with Gasteiger partial charge in [-0.15, -0.1) is 0 Å². The predicted molar refractivity (Wildman–Crippen MR) is 109 cm³/mol. The summed E-state index contributed by atoms with van der Waals surface area (Å²) in [6.45, 7) is 3.27. The molecule has 0 aliphatic heterocycles. The van der Waals surface area contributed by atoms with Gasteiger partial charge in [0.1, 0.15) is 6.54 Å². The summed E-state index contributed by atoms with van der Waals surface area (Å²) < 4.78 is 48.4. The largest absolute Gasteiger partial charge is 0.348 e. The van der Waals surface area contributed by atoms with Crippen molar-refractivity contribution >= 4 is 31.5 Å². The topological polar surface area (TPSA) is 101 Å². The fraction of sp³-hybridized carbons (Fsp3) is 0.316. The van der Waals surface area contributed by atoms with E-state index in [1.54, 1.807) is 43.3 Å². The fourth-order valence-electron chi connectivity index (χ4n) is 2.62. The number of hydrogen-bond acceptors (Lipinski definition) is 5. The molecular formula is C19H24N2O5S2. The molecule has 2 rings (SSSR count). The van der Waals surface area contributed by atoms with Crippen LogP contribution in [0.2, 0.25) is 0 Å². The summed E-state index contributed by atoms with van der Waals surface area (Å²) in [5.74, 6) is -0.467. The van der Waals surface area contributed by atoms with E-state index in [1.807, 2.05) is 6.92 Å². The third-order valence-corrected chi connectivity index (χ3v) is 6.46. The van der Waals surface area contributed by atoms with Gasteiger partial charge in [0.05, 0.1) is 22.9 Å². The van der Waals surface area contributed by atoms with Crippen molar-refractivity contribution in [2.45, 2.75) is 24.8 Å². The van der Waals surface area contributed by atoms with Crippen molar-refractivity contribution < 1.29 is 21.6 Å². The van der Waals surface area contributed by atoms with Gasteiger partial charge in [0.2, 0.25) is 15.9 Å². The Morgan fingerprint density at radius 2 is 1.50 bits per heavy atom. The van der Waals surface area contributed by atoms with Crippen LogP contribution in [0.25, 0.3) is 0 Å². The monoisotopic (exact) mass is 424 g/mol. The molecule has 1 unspecified atom stereocenters. The molecule has 7 nitrogen and oxygen atoms in total. The summed E-state index contributed by atoms with van der Waals surface area (Å²) in [7, 11) is -6.94. The summed E-state index contributed by atoms with van der Waals surface area (Å²) in [6, 6.07) is 12.6. The molecule has 1 atom stereocenters. The molecule has 1 N–H and O–H groups in total. The predicted octanol–water partition coefficient (Wildman–Crippen LogP) is 2.04. The van der Waals surface area contributed by atoms with E-state index in [9.17, 15) is 21.6 Å². The molecule has 0 saturated carbocycles. The van der Waals surface area contributed by atoms with Crippen molar-refractivity contribution in [3.8, 4) is 0 Å². The van der Waals surface area contributed by atoms with Gasteiger partial charge in [0.15, 0.2) is 9.84 Å². The number of carbonyl (C=O) groups is 1. The minimum absolute atomic E-state index is 0.192.